The SMILES string of the molecule is COC(=O)C1C=C2C[C@@H](O)CC[C@]2(C)C2C(O)C[C@@]3(C)C(CC[C@@]34CCC(=O)O4)C12. The summed E-state index contributed by atoms with van der Waals surface area (Å²) in [6, 6.07) is 0. The lowest BCUT2D eigenvalue weighted by molar-refractivity contribution is -0.192. The van der Waals surface area contributed by atoms with E-state index in [4.69, 9.17) is 9.47 Å². The van der Waals surface area contributed by atoms with Crippen LogP contribution < -0.4 is 0 Å². The maximum Gasteiger partial charge on any atom is 0.312 e. The van der Waals surface area contributed by atoms with Crippen molar-refractivity contribution in [1.29, 1.82) is 0 Å². The molecule has 1 heterocycles. The number of carbonyl (C=O) groups excluding carboxylic acids is 2. The highest BCUT2D eigenvalue weighted by molar-refractivity contribution is 5.76. The zero-order valence-corrected chi connectivity index (χ0v) is 18.2. The monoisotopic (exact) mass is 418 g/mol. The molecule has 5 unspecified atom stereocenters. The molecular weight excluding hydrogens is 384 g/mol. The van der Waals surface area contributed by atoms with Gasteiger partial charge in [-0.25, -0.2) is 0 Å². The van der Waals surface area contributed by atoms with E-state index in [9.17, 15) is 19.8 Å². The normalized spacial score (nSPS) is 52.2. The van der Waals surface area contributed by atoms with E-state index in [1.165, 1.54) is 7.11 Å². The Bertz CT molecular complexity index is 806. The van der Waals surface area contributed by atoms with E-state index in [-0.39, 0.29) is 40.5 Å². The molecule has 5 aliphatic rings. The van der Waals surface area contributed by atoms with Gasteiger partial charge in [0, 0.05) is 11.8 Å². The predicted octanol–water partition coefficient (Wildman–Crippen LogP) is 2.76. The zero-order valence-electron chi connectivity index (χ0n) is 18.2. The number of rotatable bonds is 1. The first-order chi connectivity index (χ1) is 14.1. The number of methoxy groups -OCH3 is 1. The Hall–Kier alpha value is -1.40. The van der Waals surface area contributed by atoms with Crippen LogP contribution in [0.4, 0.5) is 0 Å². The van der Waals surface area contributed by atoms with Crippen LogP contribution in [0.2, 0.25) is 0 Å². The van der Waals surface area contributed by atoms with Gasteiger partial charge in [-0.05, 0) is 68.1 Å². The van der Waals surface area contributed by atoms with Gasteiger partial charge < -0.3 is 19.7 Å². The molecule has 2 N–H and O–H groups in total. The molecule has 0 aromatic rings. The Morgan fingerprint density at radius 1 is 1.20 bits per heavy atom. The Morgan fingerprint density at radius 3 is 2.63 bits per heavy atom. The molecule has 1 saturated heterocycles. The topological polar surface area (TPSA) is 93.1 Å². The van der Waals surface area contributed by atoms with Crippen LogP contribution in [-0.4, -0.2) is 47.1 Å². The molecular formula is C24H34O6. The molecule has 4 aliphatic carbocycles. The molecule has 0 radical (unpaired) electrons. The Morgan fingerprint density at radius 2 is 1.97 bits per heavy atom. The minimum atomic E-state index is -0.582. The molecule has 1 aliphatic heterocycles. The smallest absolute Gasteiger partial charge is 0.312 e. The maximum atomic E-state index is 13.0. The van der Waals surface area contributed by atoms with Crippen molar-refractivity contribution in [2.45, 2.75) is 83.0 Å². The molecule has 4 fully saturated rings. The fourth-order valence-electron chi connectivity index (χ4n) is 8.42. The van der Waals surface area contributed by atoms with Gasteiger partial charge in [-0.15, -0.1) is 0 Å². The van der Waals surface area contributed by atoms with E-state index in [0.29, 0.717) is 25.7 Å². The average Bonchev–Trinajstić information content (AvgIpc) is 3.21. The average molecular weight is 419 g/mol. The number of ether oxygens (including phenoxy) is 2. The number of esters is 2. The van der Waals surface area contributed by atoms with Crippen molar-refractivity contribution in [1.82, 2.24) is 0 Å². The summed E-state index contributed by atoms with van der Waals surface area (Å²) < 4.78 is 11.2. The molecule has 0 amide bonds. The third kappa shape index (κ3) is 2.49. The highest BCUT2D eigenvalue weighted by atomic mass is 16.6. The first-order valence-electron chi connectivity index (χ1n) is 11.5. The number of carbonyl (C=O) groups is 2. The van der Waals surface area contributed by atoms with Crippen LogP contribution >= 0.6 is 0 Å². The number of hydrogen-bond donors (Lipinski definition) is 2. The molecule has 6 heteroatoms. The van der Waals surface area contributed by atoms with Crippen LogP contribution in [0.1, 0.15) is 65.2 Å². The fraction of sp³-hybridized carbons (Fsp3) is 0.833. The minimum Gasteiger partial charge on any atom is -0.469 e. The first-order valence-corrected chi connectivity index (χ1v) is 11.5. The van der Waals surface area contributed by atoms with Crippen molar-refractivity contribution in [3.05, 3.63) is 11.6 Å². The quantitative estimate of drug-likeness (QED) is 0.502. The van der Waals surface area contributed by atoms with Crippen molar-refractivity contribution < 1.29 is 29.3 Å². The van der Waals surface area contributed by atoms with Crippen LogP contribution in [-0.2, 0) is 19.1 Å². The summed E-state index contributed by atoms with van der Waals surface area (Å²) in [5.41, 5.74) is 0.00865. The van der Waals surface area contributed by atoms with Crippen LogP contribution in [0.15, 0.2) is 11.6 Å². The number of aliphatic hydroxyl groups excluding tert-OH is 2. The lowest BCUT2D eigenvalue weighted by Crippen LogP contribution is -2.62. The summed E-state index contributed by atoms with van der Waals surface area (Å²) in [6.07, 6.45) is 6.60. The zero-order chi connectivity index (χ0) is 21.5. The largest absolute Gasteiger partial charge is 0.469 e. The van der Waals surface area contributed by atoms with Gasteiger partial charge in [-0.2, -0.15) is 0 Å². The van der Waals surface area contributed by atoms with E-state index < -0.39 is 23.7 Å². The summed E-state index contributed by atoms with van der Waals surface area (Å²) in [5.74, 6) is -0.756. The first kappa shape index (κ1) is 20.5. The third-order valence-corrected chi connectivity index (χ3v) is 9.88. The Kier molecular flexibility index (Phi) is 4.48. The summed E-state index contributed by atoms with van der Waals surface area (Å²) in [7, 11) is 1.42. The number of aliphatic hydroxyl groups is 2. The van der Waals surface area contributed by atoms with Crippen molar-refractivity contribution in [3.63, 3.8) is 0 Å². The minimum absolute atomic E-state index is 0.0473. The second-order valence-electron chi connectivity index (χ2n) is 11.0. The lowest BCUT2D eigenvalue weighted by Gasteiger charge is -2.61. The van der Waals surface area contributed by atoms with Crippen LogP contribution in [0.3, 0.4) is 0 Å². The van der Waals surface area contributed by atoms with Crippen LogP contribution in [0, 0.1) is 34.5 Å². The highest BCUT2D eigenvalue weighted by Gasteiger charge is 2.70. The molecule has 1 spiro atoms. The Balaban J connectivity index is 1.62. The fourth-order valence-corrected chi connectivity index (χ4v) is 8.42. The lowest BCUT2D eigenvalue weighted by atomic mass is 9.44. The van der Waals surface area contributed by atoms with E-state index in [0.717, 1.165) is 31.3 Å². The van der Waals surface area contributed by atoms with Gasteiger partial charge in [0.1, 0.15) is 5.60 Å². The van der Waals surface area contributed by atoms with Gasteiger partial charge in [0.2, 0.25) is 0 Å². The van der Waals surface area contributed by atoms with Gasteiger partial charge in [-0.1, -0.05) is 25.5 Å². The number of fused-ring (bicyclic) bond motifs is 6. The third-order valence-electron chi connectivity index (χ3n) is 9.88. The van der Waals surface area contributed by atoms with Crippen molar-refractivity contribution in [2.24, 2.45) is 34.5 Å². The maximum absolute atomic E-state index is 13.0. The standard InChI is InChI=1S/C24H34O6/c1-22-7-4-14(25)10-13(22)11-15(21(28)29-3)19-16-5-8-24(9-6-18(27)30-24)23(16,2)12-17(26)20(19)22/h11,14-17,19-20,25-26H,4-10,12H2,1-3H3/t14-,15?,16?,17?,19?,20?,22-,23-,24+/m0/s1. The summed E-state index contributed by atoms with van der Waals surface area (Å²) in [6.45, 7) is 4.38. The molecule has 166 valence electrons. The van der Waals surface area contributed by atoms with Gasteiger partial charge in [-0.3, -0.25) is 9.59 Å². The van der Waals surface area contributed by atoms with Gasteiger partial charge in [0.05, 0.1) is 25.2 Å². The molecule has 3 saturated carbocycles. The molecule has 0 aromatic heterocycles. The van der Waals surface area contributed by atoms with Gasteiger partial charge >= 0.3 is 11.9 Å². The molecule has 0 bridgehead atoms. The van der Waals surface area contributed by atoms with E-state index in [2.05, 4.69) is 19.9 Å². The molecule has 9 atom stereocenters. The molecule has 30 heavy (non-hydrogen) atoms. The molecule has 5 rings (SSSR count). The van der Waals surface area contributed by atoms with Gasteiger partial charge in [0.25, 0.3) is 0 Å². The van der Waals surface area contributed by atoms with Crippen molar-refractivity contribution >= 4 is 11.9 Å². The van der Waals surface area contributed by atoms with Crippen LogP contribution in [0.5, 0.6) is 0 Å². The van der Waals surface area contributed by atoms with E-state index in [1.54, 1.807) is 0 Å². The van der Waals surface area contributed by atoms with Crippen LogP contribution in [0.25, 0.3) is 0 Å². The summed E-state index contributed by atoms with van der Waals surface area (Å²) in [5, 5.41) is 21.9. The summed E-state index contributed by atoms with van der Waals surface area (Å²) >= 11 is 0. The molecule has 0 aromatic carbocycles. The highest BCUT2D eigenvalue weighted by Crippen LogP contribution is 2.70. The second-order valence-corrected chi connectivity index (χ2v) is 11.0. The molecule has 6 nitrogen and oxygen atoms in total. The van der Waals surface area contributed by atoms with Crippen molar-refractivity contribution in [2.75, 3.05) is 7.11 Å². The number of hydrogen-bond acceptors (Lipinski definition) is 6. The predicted molar refractivity (Wildman–Crippen MR) is 108 cm³/mol. The van der Waals surface area contributed by atoms with E-state index >= 15 is 0 Å². The summed E-state index contributed by atoms with van der Waals surface area (Å²) in [4.78, 5) is 25.0. The Labute approximate surface area is 178 Å². The van der Waals surface area contributed by atoms with Crippen molar-refractivity contribution in [3.8, 4) is 0 Å². The van der Waals surface area contributed by atoms with Gasteiger partial charge in [0.15, 0.2) is 0 Å². The second kappa shape index (κ2) is 6.55. The van der Waals surface area contributed by atoms with E-state index in [1.807, 2.05) is 0 Å².